The van der Waals surface area contributed by atoms with E-state index in [4.69, 9.17) is 0 Å². The third-order valence-electron chi connectivity index (χ3n) is 5.60. The SMILES string of the molecule is CCCCCCCCCCCCCCCCCNc1ccc(-c2nn[nH]n2)cc1. The summed E-state index contributed by atoms with van der Waals surface area (Å²) < 4.78 is 0. The van der Waals surface area contributed by atoms with E-state index in [0.717, 1.165) is 17.8 Å². The molecule has 0 radical (unpaired) electrons. The van der Waals surface area contributed by atoms with Crippen LogP contribution in [0.3, 0.4) is 0 Å². The quantitative estimate of drug-likeness (QED) is 0.261. The number of nitrogens with one attached hydrogen (secondary N) is 2. The first-order valence-corrected chi connectivity index (χ1v) is 12.0. The second kappa shape index (κ2) is 15.9. The van der Waals surface area contributed by atoms with Crippen LogP contribution >= 0.6 is 0 Å². The Morgan fingerprint density at radius 1 is 0.690 bits per heavy atom. The maximum atomic E-state index is 4.00. The minimum atomic E-state index is 0.638. The standard InChI is InChI=1S/C24H41N5/c1-2-3-4-5-6-7-8-9-10-11-12-13-14-15-16-21-25-23-19-17-22(18-20-23)24-26-28-29-27-24/h17-20,25H,2-16,21H2,1H3,(H,26,27,28,29). The van der Waals surface area contributed by atoms with E-state index in [2.05, 4.69) is 45.0 Å². The number of aromatic nitrogens is 4. The molecule has 5 nitrogen and oxygen atoms in total. The van der Waals surface area contributed by atoms with Crippen LogP contribution in [-0.4, -0.2) is 27.2 Å². The van der Waals surface area contributed by atoms with Gasteiger partial charge in [-0.05, 0) is 35.9 Å². The lowest BCUT2D eigenvalue weighted by atomic mass is 10.0. The van der Waals surface area contributed by atoms with Crippen molar-refractivity contribution in [2.24, 2.45) is 0 Å². The molecule has 0 aliphatic heterocycles. The lowest BCUT2D eigenvalue weighted by molar-refractivity contribution is 0.533. The molecule has 29 heavy (non-hydrogen) atoms. The summed E-state index contributed by atoms with van der Waals surface area (Å²) in [5.41, 5.74) is 2.14. The first-order valence-electron chi connectivity index (χ1n) is 12.0. The molecule has 0 unspecified atom stereocenters. The number of benzene rings is 1. The van der Waals surface area contributed by atoms with Crippen molar-refractivity contribution in [3.8, 4) is 11.4 Å². The van der Waals surface area contributed by atoms with E-state index in [0.29, 0.717) is 5.82 Å². The molecule has 2 N–H and O–H groups in total. The van der Waals surface area contributed by atoms with Crippen LogP contribution in [0.25, 0.3) is 11.4 Å². The van der Waals surface area contributed by atoms with Crippen LogP contribution in [0, 0.1) is 0 Å². The highest BCUT2D eigenvalue weighted by Crippen LogP contribution is 2.17. The third-order valence-corrected chi connectivity index (χ3v) is 5.60. The predicted molar refractivity (Wildman–Crippen MR) is 123 cm³/mol. The third kappa shape index (κ3) is 11.0. The molecule has 0 fully saturated rings. The van der Waals surface area contributed by atoms with Crippen molar-refractivity contribution in [3.05, 3.63) is 24.3 Å². The maximum absolute atomic E-state index is 4.00. The van der Waals surface area contributed by atoms with Crippen molar-refractivity contribution in [2.45, 2.75) is 103 Å². The molecular weight excluding hydrogens is 358 g/mol. The van der Waals surface area contributed by atoms with Gasteiger partial charge >= 0.3 is 0 Å². The van der Waals surface area contributed by atoms with Gasteiger partial charge in [0.2, 0.25) is 5.82 Å². The molecule has 0 bridgehead atoms. The molecule has 0 amide bonds. The molecule has 5 heteroatoms. The molecule has 0 aliphatic rings. The van der Waals surface area contributed by atoms with E-state index < -0.39 is 0 Å². The summed E-state index contributed by atoms with van der Waals surface area (Å²) in [5, 5.41) is 17.6. The summed E-state index contributed by atoms with van der Waals surface area (Å²) in [6.07, 6.45) is 21.1. The Morgan fingerprint density at radius 3 is 1.69 bits per heavy atom. The fraction of sp³-hybridized carbons (Fsp3) is 0.708. The summed E-state index contributed by atoms with van der Waals surface area (Å²) in [5.74, 6) is 0.638. The van der Waals surface area contributed by atoms with Crippen LogP contribution in [0.5, 0.6) is 0 Å². The molecule has 0 saturated carbocycles. The average Bonchev–Trinajstić information content (AvgIpc) is 3.29. The van der Waals surface area contributed by atoms with E-state index in [-0.39, 0.29) is 0 Å². The van der Waals surface area contributed by atoms with E-state index in [1.165, 1.54) is 96.3 Å². The zero-order chi connectivity index (χ0) is 20.4. The van der Waals surface area contributed by atoms with Gasteiger partial charge in [-0.3, -0.25) is 0 Å². The first kappa shape index (κ1) is 23.4. The number of H-pyrrole nitrogens is 1. The number of aromatic amines is 1. The first-order chi connectivity index (χ1) is 14.4. The highest BCUT2D eigenvalue weighted by Gasteiger charge is 2.02. The van der Waals surface area contributed by atoms with Crippen LogP contribution in [0.4, 0.5) is 5.69 Å². The van der Waals surface area contributed by atoms with Gasteiger partial charge in [-0.2, -0.15) is 5.21 Å². The fourth-order valence-electron chi connectivity index (χ4n) is 3.75. The number of tetrazole rings is 1. The fourth-order valence-corrected chi connectivity index (χ4v) is 3.75. The van der Waals surface area contributed by atoms with Gasteiger partial charge < -0.3 is 5.32 Å². The van der Waals surface area contributed by atoms with Gasteiger partial charge in [0.05, 0.1) is 0 Å². The van der Waals surface area contributed by atoms with E-state index in [1.54, 1.807) is 0 Å². The number of anilines is 1. The minimum Gasteiger partial charge on any atom is -0.385 e. The number of hydrogen-bond donors (Lipinski definition) is 2. The van der Waals surface area contributed by atoms with Crippen LogP contribution in [0.15, 0.2) is 24.3 Å². The Hall–Kier alpha value is -1.91. The van der Waals surface area contributed by atoms with E-state index >= 15 is 0 Å². The van der Waals surface area contributed by atoms with Crippen molar-refractivity contribution in [2.75, 3.05) is 11.9 Å². The number of unbranched alkanes of at least 4 members (excludes halogenated alkanes) is 14. The largest absolute Gasteiger partial charge is 0.385 e. The Balaban J connectivity index is 1.34. The Labute approximate surface area is 177 Å². The Bertz CT molecular complexity index is 594. The van der Waals surface area contributed by atoms with Crippen LogP contribution in [0.1, 0.15) is 103 Å². The molecule has 0 aliphatic carbocycles. The lowest BCUT2D eigenvalue weighted by Crippen LogP contribution is -2.01. The van der Waals surface area contributed by atoms with Crippen molar-refractivity contribution < 1.29 is 0 Å². The maximum Gasteiger partial charge on any atom is 0.204 e. The molecule has 1 heterocycles. The highest BCUT2D eigenvalue weighted by molar-refractivity contribution is 5.58. The normalized spacial score (nSPS) is 11.1. The number of nitrogens with zero attached hydrogens (tertiary/aromatic N) is 3. The van der Waals surface area contributed by atoms with Gasteiger partial charge in [-0.15, -0.1) is 10.2 Å². The Morgan fingerprint density at radius 2 is 1.21 bits per heavy atom. The van der Waals surface area contributed by atoms with Crippen molar-refractivity contribution in [1.82, 2.24) is 20.6 Å². The molecule has 2 aromatic rings. The number of rotatable bonds is 18. The number of hydrogen-bond acceptors (Lipinski definition) is 4. The molecule has 0 spiro atoms. The molecule has 1 aromatic heterocycles. The molecular formula is C24H41N5. The second-order valence-corrected chi connectivity index (χ2v) is 8.19. The molecule has 0 saturated heterocycles. The topological polar surface area (TPSA) is 66.5 Å². The summed E-state index contributed by atoms with van der Waals surface area (Å²) in [6.45, 7) is 3.33. The van der Waals surface area contributed by atoms with Crippen molar-refractivity contribution >= 4 is 5.69 Å². The molecule has 1 aromatic carbocycles. The molecule has 162 valence electrons. The van der Waals surface area contributed by atoms with Gasteiger partial charge in [0.25, 0.3) is 0 Å². The average molecular weight is 400 g/mol. The van der Waals surface area contributed by atoms with Gasteiger partial charge in [0, 0.05) is 17.8 Å². The summed E-state index contributed by atoms with van der Waals surface area (Å²) in [6, 6.07) is 8.22. The predicted octanol–water partition coefficient (Wildman–Crippen LogP) is 7.15. The van der Waals surface area contributed by atoms with Gasteiger partial charge in [-0.25, -0.2) is 0 Å². The zero-order valence-electron chi connectivity index (χ0n) is 18.5. The molecule has 2 rings (SSSR count). The highest BCUT2D eigenvalue weighted by atomic mass is 15.5. The second-order valence-electron chi connectivity index (χ2n) is 8.19. The summed E-state index contributed by atoms with van der Waals surface area (Å²) in [4.78, 5) is 0. The van der Waals surface area contributed by atoms with E-state index in [1.807, 2.05) is 12.1 Å². The minimum absolute atomic E-state index is 0.638. The lowest BCUT2D eigenvalue weighted by Gasteiger charge is -2.07. The van der Waals surface area contributed by atoms with Crippen molar-refractivity contribution in [1.29, 1.82) is 0 Å². The van der Waals surface area contributed by atoms with E-state index in [9.17, 15) is 0 Å². The molecule has 0 atom stereocenters. The monoisotopic (exact) mass is 399 g/mol. The van der Waals surface area contributed by atoms with Crippen LogP contribution in [-0.2, 0) is 0 Å². The Kier molecular flexibility index (Phi) is 12.9. The summed E-state index contributed by atoms with van der Waals surface area (Å²) in [7, 11) is 0. The smallest absolute Gasteiger partial charge is 0.204 e. The van der Waals surface area contributed by atoms with Crippen LogP contribution in [0.2, 0.25) is 0 Å². The van der Waals surface area contributed by atoms with Crippen molar-refractivity contribution in [3.63, 3.8) is 0 Å². The van der Waals surface area contributed by atoms with Crippen LogP contribution < -0.4 is 5.32 Å². The van der Waals surface area contributed by atoms with Gasteiger partial charge in [0.15, 0.2) is 0 Å². The zero-order valence-corrected chi connectivity index (χ0v) is 18.5. The van der Waals surface area contributed by atoms with Gasteiger partial charge in [0.1, 0.15) is 0 Å². The van der Waals surface area contributed by atoms with Gasteiger partial charge in [-0.1, -0.05) is 96.8 Å². The summed E-state index contributed by atoms with van der Waals surface area (Å²) >= 11 is 0.